The van der Waals surface area contributed by atoms with Gasteiger partial charge in [-0.2, -0.15) is 17.0 Å². The van der Waals surface area contributed by atoms with Crippen molar-refractivity contribution in [3.8, 4) is 0 Å². The number of likely N-dealkylation sites (tertiary alicyclic amines) is 1. The molecular weight excluding hydrogens is 328 g/mol. The number of nitrogens with zero attached hydrogens (tertiary/aromatic N) is 4. The number of rotatable bonds is 5. The van der Waals surface area contributed by atoms with E-state index in [-0.39, 0.29) is 18.1 Å². The Labute approximate surface area is 144 Å². The summed E-state index contributed by atoms with van der Waals surface area (Å²) in [5.41, 5.74) is 1.15. The zero-order valence-electron chi connectivity index (χ0n) is 14.5. The van der Waals surface area contributed by atoms with Gasteiger partial charge in [0.05, 0.1) is 6.10 Å². The second-order valence-corrected chi connectivity index (χ2v) is 8.85. The van der Waals surface area contributed by atoms with Crippen LogP contribution in [0.3, 0.4) is 0 Å². The van der Waals surface area contributed by atoms with Crippen molar-refractivity contribution >= 4 is 10.2 Å². The lowest BCUT2D eigenvalue weighted by molar-refractivity contribution is 0.00122. The summed E-state index contributed by atoms with van der Waals surface area (Å²) < 4.78 is 34.0. The normalized spacial score (nSPS) is 29.1. The van der Waals surface area contributed by atoms with Gasteiger partial charge in [0.25, 0.3) is 10.2 Å². The average molecular weight is 354 g/mol. The van der Waals surface area contributed by atoms with Gasteiger partial charge in [0, 0.05) is 71.7 Å². The molecule has 0 amide bonds. The molecule has 0 N–H and O–H groups in total. The lowest BCUT2D eigenvalue weighted by atomic mass is 9.91. The van der Waals surface area contributed by atoms with Gasteiger partial charge < -0.3 is 4.74 Å². The number of hydrogen-bond acceptors (Lipinski definition) is 5. The summed E-state index contributed by atoms with van der Waals surface area (Å²) in [5.74, 6) is 0.204. The van der Waals surface area contributed by atoms with Gasteiger partial charge in [0.2, 0.25) is 0 Å². The summed E-state index contributed by atoms with van der Waals surface area (Å²) in [5, 5.41) is 0. The van der Waals surface area contributed by atoms with Crippen molar-refractivity contribution in [2.75, 3.05) is 40.8 Å². The van der Waals surface area contributed by atoms with Crippen molar-refractivity contribution in [1.29, 1.82) is 0 Å². The number of pyridine rings is 1. The van der Waals surface area contributed by atoms with E-state index in [1.165, 1.54) is 4.31 Å². The Hall–Kier alpha value is -1.06. The summed E-state index contributed by atoms with van der Waals surface area (Å²) in [6, 6.07) is 3.95. The van der Waals surface area contributed by atoms with Crippen LogP contribution >= 0.6 is 0 Å². The highest BCUT2D eigenvalue weighted by Gasteiger charge is 2.48. The fourth-order valence-electron chi connectivity index (χ4n) is 3.87. The minimum Gasteiger partial charge on any atom is -0.381 e. The molecule has 0 bridgehead atoms. The van der Waals surface area contributed by atoms with E-state index >= 15 is 0 Å². The number of piperidine rings is 1. The molecule has 3 atom stereocenters. The summed E-state index contributed by atoms with van der Waals surface area (Å²) in [7, 11) is 1.50. The van der Waals surface area contributed by atoms with E-state index in [4.69, 9.17) is 4.74 Å². The molecule has 0 aliphatic carbocycles. The van der Waals surface area contributed by atoms with Crippen molar-refractivity contribution in [3.63, 3.8) is 0 Å². The molecule has 2 fully saturated rings. The minimum absolute atomic E-state index is 0.0345. The molecule has 2 saturated heterocycles. The van der Waals surface area contributed by atoms with Gasteiger partial charge in [-0.05, 0) is 18.1 Å². The zero-order chi connectivity index (χ0) is 17.3. The average Bonchev–Trinajstić information content (AvgIpc) is 2.97. The third kappa shape index (κ3) is 3.34. The third-order valence-electron chi connectivity index (χ3n) is 5.08. The second kappa shape index (κ2) is 7.05. The molecule has 24 heavy (non-hydrogen) atoms. The molecule has 134 valence electrons. The fraction of sp³-hybridized carbons (Fsp3) is 0.688. The molecule has 7 nitrogen and oxygen atoms in total. The number of hydrogen-bond donors (Lipinski definition) is 0. The molecule has 2 aliphatic rings. The van der Waals surface area contributed by atoms with Gasteiger partial charge in [-0.1, -0.05) is 6.07 Å². The van der Waals surface area contributed by atoms with Crippen LogP contribution in [0.15, 0.2) is 24.5 Å². The van der Waals surface area contributed by atoms with E-state index in [2.05, 4.69) is 16.0 Å². The maximum absolute atomic E-state index is 12.7. The number of fused-ring (bicyclic) bond motifs is 1. The minimum atomic E-state index is -3.41. The number of methoxy groups -OCH3 is 1. The molecule has 8 heteroatoms. The Kier molecular flexibility index (Phi) is 5.22. The number of ether oxygens (including phenoxy) is 1. The van der Waals surface area contributed by atoms with Crippen LogP contribution in [0, 0.1) is 5.92 Å². The van der Waals surface area contributed by atoms with Crippen LogP contribution in [0.1, 0.15) is 12.0 Å². The van der Waals surface area contributed by atoms with Gasteiger partial charge in [0.15, 0.2) is 0 Å². The first-order valence-electron chi connectivity index (χ1n) is 8.27. The molecule has 1 aromatic heterocycles. The lowest BCUT2D eigenvalue weighted by Crippen LogP contribution is -2.56. The Morgan fingerprint density at radius 3 is 2.79 bits per heavy atom. The lowest BCUT2D eigenvalue weighted by Gasteiger charge is -2.40. The van der Waals surface area contributed by atoms with Crippen LogP contribution in [-0.4, -0.2) is 79.9 Å². The molecule has 0 spiro atoms. The van der Waals surface area contributed by atoms with Crippen LogP contribution in [0.4, 0.5) is 0 Å². The summed E-state index contributed by atoms with van der Waals surface area (Å²) in [6.07, 6.45) is 4.48. The van der Waals surface area contributed by atoms with Crippen LogP contribution in [0.2, 0.25) is 0 Å². The Morgan fingerprint density at radius 2 is 2.17 bits per heavy atom. The van der Waals surface area contributed by atoms with E-state index < -0.39 is 10.2 Å². The van der Waals surface area contributed by atoms with Crippen molar-refractivity contribution in [2.24, 2.45) is 5.92 Å². The second-order valence-electron chi connectivity index (χ2n) is 6.75. The van der Waals surface area contributed by atoms with E-state index in [1.54, 1.807) is 31.7 Å². The first kappa shape index (κ1) is 17.8. The zero-order valence-corrected chi connectivity index (χ0v) is 15.3. The predicted molar refractivity (Wildman–Crippen MR) is 91.5 cm³/mol. The van der Waals surface area contributed by atoms with E-state index in [0.29, 0.717) is 6.54 Å². The van der Waals surface area contributed by atoms with Crippen LogP contribution in [0.5, 0.6) is 0 Å². The van der Waals surface area contributed by atoms with E-state index in [9.17, 15) is 8.42 Å². The summed E-state index contributed by atoms with van der Waals surface area (Å²) in [4.78, 5) is 6.47. The predicted octanol–water partition coefficient (Wildman–Crippen LogP) is 0.409. The van der Waals surface area contributed by atoms with Crippen LogP contribution < -0.4 is 0 Å². The van der Waals surface area contributed by atoms with Crippen molar-refractivity contribution < 1.29 is 13.2 Å². The molecule has 3 rings (SSSR count). The highest BCUT2D eigenvalue weighted by atomic mass is 32.2. The highest BCUT2D eigenvalue weighted by Crippen LogP contribution is 2.35. The van der Waals surface area contributed by atoms with Gasteiger partial charge in [0.1, 0.15) is 0 Å². The molecule has 2 aliphatic heterocycles. The maximum Gasteiger partial charge on any atom is 0.281 e. The molecule has 0 saturated carbocycles. The molecular formula is C16H26N4O3S. The smallest absolute Gasteiger partial charge is 0.281 e. The van der Waals surface area contributed by atoms with Crippen molar-refractivity contribution in [1.82, 2.24) is 18.5 Å². The van der Waals surface area contributed by atoms with Gasteiger partial charge in [-0.3, -0.25) is 9.88 Å². The maximum atomic E-state index is 12.7. The first-order valence-corrected chi connectivity index (χ1v) is 9.66. The topological polar surface area (TPSA) is 66.0 Å². The van der Waals surface area contributed by atoms with Gasteiger partial charge >= 0.3 is 0 Å². The largest absolute Gasteiger partial charge is 0.381 e. The standard InChI is InChI=1S/C16H26N4O3S/c1-18(2)24(21,22)20-8-6-16(23-3)14-11-19(12-15(14)20)10-13-5-4-7-17-9-13/h4-5,7,9,14-16H,6,8,10-12H2,1-3H3/t14-,15+,16-/m0/s1. The Morgan fingerprint density at radius 1 is 1.38 bits per heavy atom. The van der Waals surface area contributed by atoms with Crippen molar-refractivity contribution in [2.45, 2.75) is 25.1 Å². The quantitative estimate of drug-likeness (QED) is 0.766. The molecule has 0 unspecified atom stereocenters. The molecule has 0 aromatic carbocycles. The fourth-order valence-corrected chi connectivity index (χ4v) is 5.19. The van der Waals surface area contributed by atoms with E-state index in [0.717, 1.165) is 31.6 Å². The molecule has 0 radical (unpaired) electrons. The first-order chi connectivity index (χ1) is 11.4. The van der Waals surface area contributed by atoms with Crippen molar-refractivity contribution in [3.05, 3.63) is 30.1 Å². The monoisotopic (exact) mass is 354 g/mol. The molecule has 1 aromatic rings. The third-order valence-corrected chi connectivity index (χ3v) is 7.05. The summed E-state index contributed by atoms with van der Waals surface area (Å²) in [6.45, 7) is 2.87. The Balaban J connectivity index is 1.79. The summed E-state index contributed by atoms with van der Waals surface area (Å²) >= 11 is 0. The van der Waals surface area contributed by atoms with Gasteiger partial charge in [-0.15, -0.1) is 0 Å². The Bertz CT molecular complexity index is 653. The van der Waals surface area contributed by atoms with E-state index in [1.807, 2.05) is 12.3 Å². The number of aromatic nitrogens is 1. The van der Waals surface area contributed by atoms with Crippen LogP contribution in [0.25, 0.3) is 0 Å². The van der Waals surface area contributed by atoms with Crippen LogP contribution in [-0.2, 0) is 21.5 Å². The molecule has 3 heterocycles. The highest BCUT2D eigenvalue weighted by molar-refractivity contribution is 7.86. The van der Waals surface area contributed by atoms with Gasteiger partial charge in [-0.25, -0.2) is 0 Å². The SMILES string of the molecule is CO[C@H]1CCN(S(=O)(=O)N(C)C)[C@@H]2CN(Cc3cccnc3)C[C@H]12.